The summed E-state index contributed by atoms with van der Waals surface area (Å²) in [6.07, 6.45) is -7.16. The van der Waals surface area contributed by atoms with Gasteiger partial charge in [0, 0.05) is 5.92 Å². The molecule has 0 amide bonds. The summed E-state index contributed by atoms with van der Waals surface area (Å²) in [5.74, 6) is -13.4. The highest BCUT2D eigenvalue weighted by Crippen LogP contribution is 2.54. The molecule has 0 saturated heterocycles. The maximum atomic E-state index is 12.2. The van der Waals surface area contributed by atoms with Gasteiger partial charge in [0.1, 0.15) is 10.5 Å². The Labute approximate surface area is 171 Å². The number of carbonyl (C=O) groups is 1. The predicted octanol–water partition coefficient (Wildman–Crippen LogP) is 4.60. The van der Waals surface area contributed by atoms with E-state index in [0.717, 1.165) is 5.75 Å². The Balaban J connectivity index is 0. The van der Waals surface area contributed by atoms with Gasteiger partial charge >= 0.3 is 23.3 Å². The number of halogens is 9. The summed E-state index contributed by atoms with van der Waals surface area (Å²) in [6, 6.07) is 0. The summed E-state index contributed by atoms with van der Waals surface area (Å²) < 4.78 is 135. The van der Waals surface area contributed by atoms with Gasteiger partial charge in [-0.3, -0.25) is 4.79 Å². The first-order valence-electron chi connectivity index (χ1n) is 8.23. The van der Waals surface area contributed by atoms with Crippen LogP contribution in [0.3, 0.4) is 0 Å². The van der Waals surface area contributed by atoms with Crippen LogP contribution in [0, 0.1) is 5.92 Å². The first-order chi connectivity index (χ1) is 12.9. The van der Waals surface area contributed by atoms with Gasteiger partial charge < -0.3 is 4.55 Å². The van der Waals surface area contributed by atoms with E-state index in [2.05, 4.69) is 27.7 Å². The second-order valence-electron chi connectivity index (χ2n) is 6.95. The third-order valence-corrected chi connectivity index (χ3v) is 7.52. The zero-order valence-electron chi connectivity index (χ0n) is 16.8. The number of rotatable bonds is 8. The molecule has 4 nitrogen and oxygen atoms in total. The van der Waals surface area contributed by atoms with Crippen LogP contribution in [0.4, 0.5) is 39.5 Å². The van der Waals surface area contributed by atoms with E-state index in [0.29, 0.717) is 16.3 Å². The first kappa shape index (κ1) is 31.5. The van der Waals surface area contributed by atoms with Crippen molar-refractivity contribution in [2.75, 3.05) is 5.75 Å². The van der Waals surface area contributed by atoms with Crippen molar-refractivity contribution >= 4 is 26.8 Å². The molecule has 0 aliphatic heterocycles. The maximum absolute atomic E-state index is 12.2. The predicted molar refractivity (Wildman–Crippen MR) is 92.9 cm³/mol. The highest BCUT2D eigenvalue weighted by Gasteiger charge is 2.83. The fourth-order valence-electron chi connectivity index (χ4n) is 1.73. The van der Waals surface area contributed by atoms with E-state index in [1.807, 2.05) is 13.8 Å². The molecule has 0 N–H and O–H groups in total. The van der Waals surface area contributed by atoms with Crippen LogP contribution in [0.2, 0.25) is 0 Å². The van der Waals surface area contributed by atoms with Crippen LogP contribution in [0.25, 0.3) is 0 Å². The molecular weight excluding hydrogens is 479 g/mol. The van der Waals surface area contributed by atoms with Gasteiger partial charge in [0.2, 0.25) is 0 Å². The van der Waals surface area contributed by atoms with Gasteiger partial charge in [0.15, 0.2) is 21.7 Å². The quantitative estimate of drug-likeness (QED) is 0.276. The van der Waals surface area contributed by atoms with Crippen molar-refractivity contribution in [3.63, 3.8) is 0 Å². The van der Waals surface area contributed by atoms with Crippen molar-refractivity contribution in [2.24, 2.45) is 5.92 Å². The Kier molecular flexibility index (Phi) is 10.8. The molecule has 0 aliphatic carbocycles. The van der Waals surface area contributed by atoms with E-state index in [-0.39, 0.29) is 16.8 Å². The van der Waals surface area contributed by atoms with E-state index in [1.54, 1.807) is 0 Å². The summed E-state index contributed by atoms with van der Waals surface area (Å²) in [5, 5.41) is -5.83. The average molecular weight is 502 g/mol. The number of Topliss-reactive ketones (excluding diaryl/α,β-unsaturated/α-hetero) is 1. The first-order valence-corrected chi connectivity index (χ1v) is 11.2. The molecule has 30 heavy (non-hydrogen) atoms. The standard InChI is InChI=1S/C11H23OS.C4HF9O3S/c1-8(2)11(12)7-13(9(3)4)10(5)6;5-1(6,3(9,10)11)2(7,8)4(12,13)17(14,15)16/h8-10H,7H2,1-6H3;(H,14,15,16)/q+1;/p-1. The van der Waals surface area contributed by atoms with Crippen LogP contribution in [0.15, 0.2) is 0 Å². The third-order valence-electron chi connectivity index (χ3n) is 3.59. The Morgan fingerprint density at radius 1 is 0.800 bits per heavy atom. The molecule has 15 heteroatoms. The van der Waals surface area contributed by atoms with Gasteiger partial charge in [-0.2, -0.15) is 39.5 Å². The van der Waals surface area contributed by atoms with Crippen molar-refractivity contribution in [3.05, 3.63) is 0 Å². The topological polar surface area (TPSA) is 74.3 Å². The lowest BCUT2D eigenvalue weighted by Gasteiger charge is -2.34. The maximum Gasteiger partial charge on any atom is 0.460 e. The van der Waals surface area contributed by atoms with E-state index < -0.39 is 33.4 Å². The number of alkyl halides is 9. The highest BCUT2D eigenvalue weighted by atomic mass is 32.2. The fourth-order valence-corrected chi connectivity index (χ4v) is 4.59. The summed E-state index contributed by atoms with van der Waals surface area (Å²) >= 11 is 0. The molecule has 0 aromatic rings. The molecule has 182 valence electrons. The molecule has 0 aromatic carbocycles. The van der Waals surface area contributed by atoms with Crippen LogP contribution in [-0.2, 0) is 25.8 Å². The molecule has 0 heterocycles. The summed E-state index contributed by atoms with van der Waals surface area (Å²) in [4.78, 5) is 11.6. The minimum absolute atomic E-state index is 0.201. The molecule has 0 spiro atoms. The molecule has 0 bridgehead atoms. The Bertz CT molecular complexity index is 664. The molecular formula is C15H23F9O4S2. The fraction of sp³-hybridized carbons (Fsp3) is 0.933. The minimum atomic E-state index is -7.43. The molecule has 0 rings (SSSR count). The number of hydrogen-bond acceptors (Lipinski definition) is 4. The van der Waals surface area contributed by atoms with E-state index in [4.69, 9.17) is 0 Å². The molecule has 0 aromatic heterocycles. The average Bonchev–Trinajstić information content (AvgIpc) is 2.49. The Morgan fingerprint density at radius 3 is 1.33 bits per heavy atom. The van der Waals surface area contributed by atoms with Crippen molar-refractivity contribution in [1.29, 1.82) is 0 Å². The van der Waals surface area contributed by atoms with Crippen molar-refractivity contribution in [2.45, 2.75) is 75.3 Å². The number of carbonyl (C=O) groups excluding carboxylic acids is 1. The van der Waals surface area contributed by atoms with Gasteiger partial charge in [-0.05, 0) is 38.6 Å². The molecule has 0 fully saturated rings. The molecule has 0 atom stereocenters. The zero-order chi connectivity index (χ0) is 25.1. The Hall–Kier alpha value is -0.700. The third kappa shape index (κ3) is 7.18. The van der Waals surface area contributed by atoms with Gasteiger partial charge in [-0.1, -0.05) is 13.8 Å². The van der Waals surface area contributed by atoms with Gasteiger partial charge in [0.25, 0.3) is 0 Å². The molecule has 0 aliphatic rings. The number of ketones is 1. The summed E-state index contributed by atoms with van der Waals surface area (Å²) in [6.45, 7) is 12.9. The van der Waals surface area contributed by atoms with Crippen LogP contribution in [0.5, 0.6) is 0 Å². The van der Waals surface area contributed by atoms with Gasteiger partial charge in [-0.25, -0.2) is 8.42 Å². The van der Waals surface area contributed by atoms with E-state index in [1.165, 1.54) is 0 Å². The molecule has 0 radical (unpaired) electrons. The molecule has 0 unspecified atom stereocenters. The summed E-state index contributed by atoms with van der Waals surface area (Å²) in [7, 11) is -7.14. The monoisotopic (exact) mass is 502 g/mol. The normalized spacial score (nSPS) is 14.4. The second kappa shape index (κ2) is 10.3. The smallest absolute Gasteiger partial charge is 0.460 e. The second-order valence-corrected chi connectivity index (χ2v) is 11.5. The number of hydrogen-bond donors (Lipinski definition) is 0. The summed E-state index contributed by atoms with van der Waals surface area (Å²) in [5.41, 5.74) is 0. The zero-order valence-corrected chi connectivity index (χ0v) is 18.4. The van der Waals surface area contributed by atoms with Crippen molar-refractivity contribution in [3.8, 4) is 0 Å². The van der Waals surface area contributed by atoms with Gasteiger partial charge in [0.05, 0.1) is 0 Å². The SMILES string of the molecule is CC(C)C(=O)C[S+](C(C)C)C(C)C.O=S(=O)([O-])C(F)(F)C(F)(F)C(F)(F)C(F)(F)F. The van der Waals surface area contributed by atoms with Crippen LogP contribution in [0.1, 0.15) is 41.5 Å². The van der Waals surface area contributed by atoms with Crippen molar-refractivity contribution < 1.29 is 57.3 Å². The van der Waals surface area contributed by atoms with E-state index >= 15 is 0 Å². The lowest BCUT2D eigenvalue weighted by Crippen LogP contribution is -2.63. The molecule has 0 saturated carbocycles. The lowest BCUT2D eigenvalue weighted by molar-refractivity contribution is -0.382. The van der Waals surface area contributed by atoms with Crippen LogP contribution >= 0.6 is 0 Å². The van der Waals surface area contributed by atoms with E-state index in [9.17, 15) is 57.3 Å². The van der Waals surface area contributed by atoms with Crippen molar-refractivity contribution in [1.82, 2.24) is 0 Å². The van der Waals surface area contributed by atoms with Crippen LogP contribution in [-0.4, -0.2) is 58.3 Å². The lowest BCUT2D eigenvalue weighted by atomic mass is 10.1. The highest BCUT2D eigenvalue weighted by molar-refractivity contribution is 7.98. The van der Waals surface area contributed by atoms with Gasteiger partial charge in [-0.15, -0.1) is 0 Å². The van der Waals surface area contributed by atoms with Crippen LogP contribution < -0.4 is 0 Å². The Morgan fingerprint density at radius 2 is 1.13 bits per heavy atom. The largest absolute Gasteiger partial charge is 0.743 e. The minimum Gasteiger partial charge on any atom is -0.743 e.